The smallest absolute Gasteiger partial charge is 0.307 e. The van der Waals surface area contributed by atoms with Crippen molar-refractivity contribution in [1.82, 2.24) is 15.1 Å². The van der Waals surface area contributed by atoms with E-state index in [1.54, 1.807) is 16.9 Å². The first-order valence-corrected chi connectivity index (χ1v) is 8.21. The molecule has 1 aromatic heterocycles. The lowest BCUT2D eigenvalue weighted by Gasteiger charge is -2.17. The van der Waals surface area contributed by atoms with Gasteiger partial charge < -0.3 is 10.1 Å². The number of ether oxygens (including phenoxy) is 1. The number of amides is 1. The first kappa shape index (κ1) is 17.4. The Morgan fingerprint density at radius 2 is 1.69 bits per heavy atom. The summed E-state index contributed by atoms with van der Waals surface area (Å²) in [6.07, 6.45) is 1.77. The van der Waals surface area contributed by atoms with Crippen LogP contribution in [0.15, 0.2) is 72.9 Å². The number of rotatable bonds is 6. The lowest BCUT2D eigenvalue weighted by molar-refractivity contribution is -0.141. The third-order valence-electron chi connectivity index (χ3n) is 3.95. The van der Waals surface area contributed by atoms with E-state index >= 15 is 0 Å². The molecule has 26 heavy (non-hydrogen) atoms. The van der Waals surface area contributed by atoms with Crippen LogP contribution < -0.4 is 5.32 Å². The summed E-state index contributed by atoms with van der Waals surface area (Å²) in [6.45, 7) is 0. The van der Waals surface area contributed by atoms with E-state index in [1.807, 2.05) is 60.7 Å². The first-order valence-electron chi connectivity index (χ1n) is 8.21. The minimum Gasteiger partial charge on any atom is -0.469 e. The minimum atomic E-state index is -0.488. The zero-order chi connectivity index (χ0) is 18.4. The molecule has 2 aromatic carbocycles. The normalized spacial score (nSPS) is 11.6. The van der Waals surface area contributed by atoms with Gasteiger partial charge in [-0.05, 0) is 23.8 Å². The molecule has 1 unspecified atom stereocenters. The third kappa shape index (κ3) is 4.16. The van der Waals surface area contributed by atoms with E-state index in [-0.39, 0.29) is 18.0 Å². The topological polar surface area (TPSA) is 73.2 Å². The van der Waals surface area contributed by atoms with Crippen molar-refractivity contribution in [2.45, 2.75) is 12.5 Å². The molecule has 3 rings (SSSR count). The highest BCUT2D eigenvalue weighted by Gasteiger charge is 2.20. The number of nitrogens with zero attached hydrogens (tertiary/aromatic N) is 2. The number of esters is 1. The highest BCUT2D eigenvalue weighted by Crippen LogP contribution is 2.18. The number of benzene rings is 2. The van der Waals surface area contributed by atoms with Crippen molar-refractivity contribution in [2.24, 2.45) is 0 Å². The lowest BCUT2D eigenvalue weighted by atomic mass is 10.0. The molecule has 1 heterocycles. The fraction of sp³-hybridized carbons (Fsp3) is 0.150. The van der Waals surface area contributed by atoms with Crippen molar-refractivity contribution < 1.29 is 14.3 Å². The van der Waals surface area contributed by atoms with E-state index in [2.05, 4.69) is 10.4 Å². The molecule has 0 fully saturated rings. The Balaban J connectivity index is 1.77. The Morgan fingerprint density at radius 3 is 2.35 bits per heavy atom. The van der Waals surface area contributed by atoms with Crippen molar-refractivity contribution in [3.05, 3.63) is 84.2 Å². The summed E-state index contributed by atoms with van der Waals surface area (Å²) in [4.78, 5) is 24.3. The molecule has 0 aliphatic carbocycles. The number of nitrogens with one attached hydrogen (secondary N) is 1. The maximum absolute atomic E-state index is 12.6. The largest absolute Gasteiger partial charge is 0.469 e. The number of aromatic nitrogens is 2. The van der Waals surface area contributed by atoms with Crippen molar-refractivity contribution in [3.8, 4) is 5.69 Å². The first-order chi connectivity index (χ1) is 12.7. The molecule has 1 amide bonds. The molecule has 0 saturated carbocycles. The monoisotopic (exact) mass is 349 g/mol. The molecular weight excluding hydrogens is 330 g/mol. The van der Waals surface area contributed by atoms with Crippen LogP contribution in [0.4, 0.5) is 0 Å². The molecule has 0 aliphatic heterocycles. The summed E-state index contributed by atoms with van der Waals surface area (Å²) < 4.78 is 6.37. The second kappa shape index (κ2) is 8.11. The fourth-order valence-electron chi connectivity index (χ4n) is 2.59. The molecule has 6 nitrogen and oxygen atoms in total. The molecule has 0 bridgehead atoms. The number of para-hydroxylation sites is 1. The van der Waals surface area contributed by atoms with Crippen LogP contribution in [0, 0.1) is 0 Å². The van der Waals surface area contributed by atoms with Crippen LogP contribution in [-0.4, -0.2) is 28.8 Å². The minimum absolute atomic E-state index is 0.0473. The Labute approximate surface area is 151 Å². The highest BCUT2D eigenvalue weighted by molar-refractivity contribution is 5.92. The lowest BCUT2D eigenvalue weighted by Crippen LogP contribution is -2.30. The Morgan fingerprint density at radius 1 is 1.04 bits per heavy atom. The quantitative estimate of drug-likeness (QED) is 0.695. The number of carbonyl (C=O) groups is 2. The van der Waals surface area contributed by atoms with Gasteiger partial charge in [-0.25, -0.2) is 4.68 Å². The Hall–Kier alpha value is -3.41. The summed E-state index contributed by atoms with van der Waals surface area (Å²) in [5.41, 5.74) is 1.97. The van der Waals surface area contributed by atoms with Gasteiger partial charge in [0.15, 0.2) is 5.69 Å². The van der Waals surface area contributed by atoms with Gasteiger partial charge in [0.1, 0.15) is 0 Å². The van der Waals surface area contributed by atoms with Crippen molar-refractivity contribution >= 4 is 11.9 Å². The number of hydrogen-bond donors (Lipinski definition) is 1. The molecule has 6 heteroatoms. The summed E-state index contributed by atoms with van der Waals surface area (Å²) in [5, 5.41) is 7.18. The van der Waals surface area contributed by atoms with E-state index in [0.29, 0.717) is 0 Å². The highest BCUT2D eigenvalue weighted by atomic mass is 16.5. The molecule has 0 radical (unpaired) electrons. The SMILES string of the molecule is COC(=O)CC(NC(=O)c1ccn(-c2ccccc2)n1)c1ccccc1. The number of hydrogen-bond acceptors (Lipinski definition) is 4. The molecule has 132 valence electrons. The maximum atomic E-state index is 12.6. The van der Waals surface area contributed by atoms with Gasteiger partial charge in [0.05, 0.1) is 25.3 Å². The maximum Gasteiger partial charge on any atom is 0.307 e. The van der Waals surface area contributed by atoms with Crippen LogP contribution >= 0.6 is 0 Å². The van der Waals surface area contributed by atoms with Crippen molar-refractivity contribution in [3.63, 3.8) is 0 Å². The molecule has 0 saturated heterocycles. The van der Waals surface area contributed by atoms with E-state index in [0.717, 1.165) is 11.3 Å². The zero-order valence-corrected chi connectivity index (χ0v) is 14.3. The fourth-order valence-corrected chi connectivity index (χ4v) is 2.59. The number of methoxy groups -OCH3 is 1. The average Bonchev–Trinajstić information content (AvgIpc) is 3.19. The van der Waals surface area contributed by atoms with Crippen LogP contribution in [0.25, 0.3) is 5.69 Å². The molecule has 0 spiro atoms. The van der Waals surface area contributed by atoms with Crippen LogP contribution in [0.1, 0.15) is 28.5 Å². The van der Waals surface area contributed by atoms with Gasteiger partial charge >= 0.3 is 5.97 Å². The average molecular weight is 349 g/mol. The summed E-state index contributed by atoms with van der Waals surface area (Å²) in [6, 6.07) is 20.0. The summed E-state index contributed by atoms with van der Waals surface area (Å²) in [7, 11) is 1.33. The molecule has 1 atom stereocenters. The van der Waals surface area contributed by atoms with Gasteiger partial charge in [-0.3, -0.25) is 9.59 Å². The van der Waals surface area contributed by atoms with Gasteiger partial charge in [0.25, 0.3) is 5.91 Å². The van der Waals surface area contributed by atoms with Crippen molar-refractivity contribution in [2.75, 3.05) is 7.11 Å². The Bertz CT molecular complexity index is 876. The second-order valence-electron chi connectivity index (χ2n) is 5.70. The van der Waals surface area contributed by atoms with Crippen LogP contribution in [0.5, 0.6) is 0 Å². The van der Waals surface area contributed by atoms with E-state index in [4.69, 9.17) is 4.74 Å². The zero-order valence-electron chi connectivity index (χ0n) is 14.3. The van der Waals surface area contributed by atoms with Gasteiger partial charge in [0.2, 0.25) is 0 Å². The number of carbonyl (C=O) groups excluding carboxylic acids is 2. The van der Waals surface area contributed by atoms with Gasteiger partial charge in [-0.15, -0.1) is 0 Å². The van der Waals surface area contributed by atoms with E-state index in [1.165, 1.54) is 7.11 Å². The van der Waals surface area contributed by atoms with E-state index in [9.17, 15) is 9.59 Å². The standard InChI is InChI=1S/C20H19N3O3/c1-26-19(24)14-18(15-8-4-2-5-9-15)21-20(25)17-12-13-23(22-17)16-10-6-3-7-11-16/h2-13,18H,14H2,1H3,(H,21,25). The van der Waals surface area contributed by atoms with Gasteiger partial charge in [0, 0.05) is 6.20 Å². The molecule has 3 aromatic rings. The van der Waals surface area contributed by atoms with Gasteiger partial charge in [-0.1, -0.05) is 48.5 Å². The Kier molecular flexibility index (Phi) is 5.43. The summed E-state index contributed by atoms with van der Waals surface area (Å²) in [5.74, 6) is -0.744. The predicted molar refractivity (Wildman–Crippen MR) is 96.8 cm³/mol. The van der Waals surface area contributed by atoms with Crippen LogP contribution in [0.3, 0.4) is 0 Å². The third-order valence-corrected chi connectivity index (χ3v) is 3.95. The molecule has 1 N–H and O–H groups in total. The van der Waals surface area contributed by atoms with Gasteiger partial charge in [-0.2, -0.15) is 5.10 Å². The second-order valence-corrected chi connectivity index (χ2v) is 5.70. The van der Waals surface area contributed by atoms with E-state index < -0.39 is 12.0 Å². The summed E-state index contributed by atoms with van der Waals surface area (Å²) >= 11 is 0. The molecule has 0 aliphatic rings. The van der Waals surface area contributed by atoms with Crippen LogP contribution in [-0.2, 0) is 9.53 Å². The predicted octanol–water partition coefficient (Wildman–Crippen LogP) is 2.91. The van der Waals surface area contributed by atoms with Crippen molar-refractivity contribution in [1.29, 1.82) is 0 Å². The molecular formula is C20H19N3O3. The van der Waals surface area contributed by atoms with Crippen LogP contribution in [0.2, 0.25) is 0 Å².